The van der Waals surface area contributed by atoms with Gasteiger partial charge in [-0.15, -0.1) is 0 Å². The SMILES string of the molecule is Fc1c2ncc3c(nc(OC[C@@]45CCCN4C[C@H](F)C5)nc13)N1CCC[C@@H](CCO[I-][C@@H]3C[C@@H]3c3c(Cl)cc4[nH]ncc4c3-2)C1. The second kappa shape index (κ2) is 11.1. The van der Waals surface area contributed by atoms with Crippen molar-refractivity contribution >= 4 is 39.2 Å². The molecule has 45 heavy (non-hydrogen) atoms. The van der Waals surface area contributed by atoms with Crippen LogP contribution >= 0.6 is 11.6 Å². The Balaban J connectivity index is 1.21. The first-order chi connectivity index (χ1) is 22.0. The van der Waals surface area contributed by atoms with Crippen molar-refractivity contribution < 1.29 is 38.2 Å². The van der Waals surface area contributed by atoms with E-state index in [0.29, 0.717) is 44.6 Å². The van der Waals surface area contributed by atoms with Crippen LogP contribution in [0.2, 0.25) is 5.02 Å². The van der Waals surface area contributed by atoms with Crippen LogP contribution in [0.1, 0.15) is 56.4 Å². The number of nitrogens with one attached hydrogen (secondary N) is 1. The van der Waals surface area contributed by atoms with Gasteiger partial charge in [0.05, 0.1) is 0 Å². The van der Waals surface area contributed by atoms with Crippen molar-refractivity contribution in [2.45, 2.75) is 66.5 Å². The zero-order valence-electron chi connectivity index (χ0n) is 24.7. The summed E-state index contributed by atoms with van der Waals surface area (Å²) in [4.78, 5) is 18.8. The van der Waals surface area contributed by atoms with E-state index in [9.17, 15) is 4.39 Å². The number of alkyl halides is 2. The molecule has 0 amide bonds. The summed E-state index contributed by atoms with van der Waals surface area (Å²) in [7, 11) is 0. The van der Waals surface area contributed by atoms with Crippen molar-refractivity contribution in [3.63, 3.8) is 0 Å². The van der Waals surface area contributed by atoms with E-state index in [0.717, 1.165) is 81.2 Å². The summed E-state index contributed by atoms with van der Waals surface area (Å²) in [5.74, 6) is 0.748. The maximum absolute atomic E-state index is 17.1. The number of fused-ring (bicyclic) bond motifs is 6. The first-order valence-corrected chi connectivity index (χ1v) is 18.5. The summed E-state index contributed by atoms with van der Waals surface area (Å²) in [6.45, 7) is 3.94. The number of piperidine rings is 1. The third-order valence-electron chi connectivity index (χ3n) is 10.5. The Hall–Kier alpha value is -2.42. The van der Waals surface area contributed by atoms with Crippen molar-refractivity contribution in [1.29, 1.82) is 0 Å². The Labute approximate surface area is 275 Å². The Morgan fingerprint density at radius 2 is 2.09 bits per heavy atom. The van der Waals surface area contributed by atoms with E-state index in [4.69, 9.17) is 34.4 Å². The molecule has 6 bridgehead atoms. The van der Waals surface area contributed by atoms with Crippen LogP contribution in [0.15, 0.2) is 18.5 Å². The van der Waals surface area contributed by atoms with E-state index in [1.165, 1.54) is 0 Å². The number of hydrogen-bond donors (Lipinski definition) is 1. The molecule has 9 nitrogen and oxygen atoms in total. The van der Waals surface area contributed by atoms with Crippen LogP contribution in [0.3, 0.4) is 0 Å². The molecule has 4 fully saturated rings. The zero-order chi connectivity index (χ0) is 30.3. The molecule has 6 aliphatic rings. The zero-order valence-corrected chi connectivity index (χ0v) is 27.7. The number of hydrogen-bond acceptors (Lipinski definition) is 8. The number of pyridine rings is 1. The van der Waals surface area contributed by atoms with Crippen molar-refractivity contribution in [2.24, 2.45) is 5.92 Å². The summed E-state index contributed by atoms with van der Waals surface area (Å²) in [5.41, 5.74) is 2.31. The third kappa shape index (κ3) is 4.88. The van der Waals surface area contributed by atoms with Gasteiger partial charge in [-0.2, -0.15) is 0 Å². The van der Waals surface area contributed by atoms with Gasteiger partial charge >= 0.3 is 229 Å². The number of benzene rings is 1. The van der Waals surface area contributed by atoms with Gasteiger partial charge in [-0.1, -0.05) is 0 Å². The van der Waals surface area contributed by atoms with E-state index in [2.05, 4.69) is 20.0 Å². The molecule has 5 aliphatic heterocycles. The molecular weight excluding hydrogens is 715 g/mol. The van der Waals surface area contributed by atoms with Crippen LogP contribution < -0.4 is 31.3 Å². The Bertz CT molecular complexity index is 1810. The Morgan fingerprint density at radius 1 is 1.16 bits per heavy atom. The van der Waals surface area contributed by atoms with Gasteiger partial charge in [0.2, 0.25) is 0 Å². The summed E-state index contributed by atoms with van der Waals surface area (Å²) < 4.78 is 44.7. The number of H-pyrrole nitrogens is 1. The standard InChI is InChI=1S/C32H34ClF2IN7O2/c33-22-10-24-20(13-38-41-24)26-25(22)19-9-23(19)36-45-8-4-17-3-1-6-42(14-17)30-21-12-37-29(26)27(35)28(21)39-31(40-30)44-16-32-5-2-7-43(32)15-18(34)11-32/h10,12-13,17-19,23H,1-9,11,14-16H2,(H,38,41)/q-1/t17-,18+,19-,23+,32-/m0/s1. The molecular formula is C32H34ClF2IN7O2-. The van der Waals surface area contributed by atoms with Gasteiger partial charge in [0, 0.05) is 13.0 Å². The second-order valence-corrected chi connectivity index (χ2v) is 16.5. The van der Waals surface area contributed by atoms with E-state index < -0.39 is 33.6 Å². The predicted octanol–water partition coefficient (Wildman–Crippen LogP) is 2.81. The molecule has 3 aromatic heterocycles. The van der Waals surface area contributed by atoms with Crippen LogP contribution in [0, 0.1) is 11.7 Å². The van der Waals surface area contributed by atoms with Crippen LogP contribution in [-0.2, 0) is 3.07 Å². The topological polar surface area (TPSA) is 92.3 Å². The molecule has 8 heterocycles. The molecule has 238 valence electrons. The van der Waals surface area contributed by atoms with Crippen molar-refractivity contribution in [2.75, 3.05) is 44.3 Å². The van der Waals surface area contributed by atoms with E-state index in [-0.39, 0.29) is 35.3 Å². The summed E-state index contributed by atoms with van der Waals surface area (Å²) in [5, 5.41) is 9.18. The molecule has 13 heteroatoms. The molecule has 1 aliphatic carbocycles. The fourth-order valence-electron chi connectivity index (χ4n) is 8.23. The molecule has 0 radical (unpaired) electrons. The van der Waals surface area contributed by atoms with E-state index in [1.54, 1.807) is 12.4 Å². The van der Waals surface area contributed by atoms with Crippen LogP contribution in [0.4, 0.5) is 14.6 Å². The molecule has 10 rings (SSSR count). The first kappa shape index (κ1) is 28.8. The van der Waals surface area contributed by atoms with Gasteiger partial charge in [-0.05, 0) is 19.4 Å². The van der Waals surface area contributed by atoms with Gasteiger partial charge in [0.25, 0.3) is 0 Å². The summed E-state index contributed by atoms with van der Waals surface area (Å²) in [6.07, 6.45) is 8.97. The van der Waals surface area contributed by atoms with E-state index >= 15 is 4.39 Å². The van der Waals surface area contributed by atoms with Gasteiger partial charge in [0.1, 0.15) is 6.17 Å². The van der Waals surface area contributed by atoms with Gasteiger partial charge in [-0.3, -0.25) is 4.90 Å². The average Bonchev–Trinajstić information content (AvgIpc) is 3.28. The quantitative estimate of drug-likeness (QED) is 0.253. The molecule has 0 unspecified atom stereocenters. The van der Waals surface area contributed by atoms with Crippen molar-refractivity contribution in [3.8, 4) is 17.3 Å². The monoisotopic (exact) mass is 748 g/mol. The fraction of sp³-hybridized carbons (Fsp3) is 0.562. The molecule has 0 spiro atoms. The summed E-state index contributed by atoms with van der Waals surface area (Å²) in [6, 6.07) is 2.00. The third-order valence-corrected chi connectivity index (χ3v) is 13.7. The molecule has 3 saturated heterocycles. The average molecular weight is 749 g/mol. The first-order valence-electron chi connectivity index (χ1n) is 16.0. The van der Waals surface area contributed by atoms with Crippen LogP contribution in [-0.4, -0.2) is 85.1 Å². The number of aromatic nitrogens is 5. The normalized spacial score (nSPS) is 30.0. The maximum atomic E-state index is 17.1. The minimum absolute atomic E-state index is 0.121. The number of ether oxygens (including phenoxy) is 1. The molecule has 1 aromatic carbocycles. The second-order valence-electron chi connectivity index (χ2n) is 13.4. The Morgan fingerprint density at radius 3 is 3.02 bits per heavy atom. The van der Waals surface area contributed by atoms with E-state index in [1.807, 2.05) is 6.07 Å². The minimum atomic E-state index is -0.867. The molecule has 1 N–H and O–H groups in total. The molecule has 1 saturated carbocycles. The number of anilines is 1. The van der Waals surface area contributed by atoms with Crippen LogP contribution in [0.25, 0.3) is 33.1 Å². The molecule has 4 aromatic rings. The van der Waals surface area contributed by atoms with Gasteiger partial charge in [-0.25, -0.2) is 4.39 Å². The van der Waals surface area contributed by atoms with Crippen molar-refractivity contribution in [1.82, 2.24) is 30.0 Å². The van der Waals surface area contributed by atoms with Gasteiger partial charge < -0.3 is 0 Å². The number of rotatable bonds is 3. The van der Waals surface area contributed by atoms with Crippen LogP contribution in [0.5, 0.6) is 6.01 Å². The predicted molar refractivity (Wildman–Crippen MR) is 163 cm³/mol. The number of aromatic amines is 1. The number of halogens is 4. The number of nitrogens with zero attached hydrogens (tertiary/aromatic N) is 6. The Kier molecular flexibility index (Phi) is 7.09. The molecule has 5 atom stereocenters. The van der Waals surface area contributed by atoms with Crippen molar-refractivity contribution in [3.05, 3.63) is 34.9 Å². The summed E-state index contributed by atoms with van der Waals surface area (Å²) >= 11 is 6.46. The van der Waals surface area contributed by atoms with Gasteiger partial charge in [0.15, 0.2) is 0 Å². The fourth-order valence-corrected chi connectivity index (χ4v) is 11.0.